The Bertz CT molecular complexity index is 560. The van der Waals surface area contributed by atoms with Crippen LogP contribution in [0.3, 0.4) is 0 Å². The molecule has 4 nitrogen and oxygen atoms in total. The highest BCUT2D eigenvalue weighted by atomic mass is 16.1. The molecule has 0 amide bonds. The van der Waals surface area contributed by atoms with Crippen LogP contribution in [0, 0.1) is 11.8 Å². The molecule has 22 heavy (non-hydrogen) atoms. The summed E-state index contributed by atoms with van der Waals surface area (Å²) in [5, 5.41) is 4.58. The largest absolute Gasteiger partial charge is 0.302 e. The lowest BCUT2D eigenvalue weighted by Crippen LogP contribution is -2.51. The van der Waals surface area contributed by atoms with E-state index in [0.29, 0.717) is 5.92 Å². The highest BCUT2D eigenvalue weighted by Crippen LogP contribution is 2.28. The maximum Gasteiger partial charge on any atom is 0.266 e. The van der Waals surface area contributed by atoms with E-state index >= 15 is 0 Å². The van der Waals surface area contributed by atoms with Gasteiger partial charge in [0, 0.05) is 37.0 Å². The Labute approximate surface area is 133 Å². The second-order valence-corrected chi connectivity index (χ2v) is 8.22. The minimum atomic E-state index is -0.0103. The van der Waals surface area contributed by atoms with E-state index in [1.165, 1.54) is 32.2 Å². The van der Waals surface area contributed by atoms with Crippen molar-refractivity contribution in [3.63, 3.8) is 0 Å². The summed E-state index contributed by atoms with van der Waals surface area (Å²) in [6, 6.07) is 3.54. The van der Waals surface area contributed by atoms with Crippen LogP contribution in [0.1, 0.15) is 52.1 Å². The molecule has 1 aliphatic heterocycles. The van der Waals surface area contributed by atoms with Gasteiger partial charge in [-0.1, -0.05) is 33.6 Å². The van der Waals surface area contributed by atoms with E-state index < -0.39 is 0 Å². The maximum absolute atomic E-state index is 12.0. The number of rotatable bonds is 4. The lowest BCUT2D eigenvalue weighted by molar-refractivity contribution is 0.0679. The first kappa shape index (κ1) is 15.7. The lowest BCUT2D eigenvalue weighted by Gasteiger charge is -2.40. The van der Waals surface area contributed by atoms with Gasteiger partial charge in [-0.3, -0.25) is 4.79 Å². The first-order valence-corrected chi connectivity index (χ1v) is 8.73. The third-order valence-electron chi connectivity index (χ3n) is 5.09. The van der Waals surface area contributed by atoms with Gasteiger partial charge in [0.1, 0.15) is 0 Å². The summed E-state index contributed by atoms with van der Waals surface area (Å²) in [6.07, 6.45) is 5.66. The van der Waals surface area contributed by atoms with Crippen LogP contribution in [0.5, 0.6) is 0 Å². The van der Waals surface area contributed by atoms with Crippen LogP contribution in [0.2, 0.25) is 0 Å². The zero-order chi connectivity index (χ0) is 15.7. The van der Waals surface area contributed by atoms with E-state index in [2.05, 4.69) is 30.8 Å². The number of aromatic nitrogens is 2. The fraction of sp³-hybridized carbons (Fsp3) is 0.778. The number of hydrogen-bond donors (Lipinski definition) is 0. The average molecular weight is 303 g/mol. The minimum Gasteiger partial charge on any atom is -0.302 e. The molecule has 0 unspecified atom stereocenters. The molecule has 0 spiro atoms. The van der Waals surface area contributed by atoms with Crippen LogP contribution >= 0.6 is 0 Å². The van der Waals surface area contributed by atoms with Gasteiger partial charge in [0.05, 0.1) is 12.2 Å². The maximum atomic E-state index is 12.0. The van der Waals surface area contributed by atoms with E-state index in [1.54, 1.807) is 10.7 Å². The molecular weight excluding hydrogens is 274 g/mol. The molecule has 1 aromatic rings. The van der Waals surface area contributed by atoms with Gasteiger partial charge in [0.2, 0.25) is 0 Å². The van der Waals surface area contributed by atoms with E-state index in [9.17, 15) is 4.79 Å². The van der Waals surface area contributed by atoms with Crippen LogP contribution in [0.4, 0.5) is 0 Å². The monoisotopic (exact) mass is 303 g/mol. The van der Waals surface area contributed by atoms with Crippen LogP contribution in [0.25, 0.3) is 0 Å². The summed E-state index contributed by atoms with van der Waals surface area (Å²) in [6.45, 7) is 10.7. The van der Waals surface area contributed by atoms with Gasteiger partial charge in [-0.2, -0.15) is 5.10 Å². The summed E-state index contributed by atoms with van der Waals surface area (Å²) >= 11 is 0. The van der Waals surface area contributed by atoms with Crippen molar-refractivity contribution >= 4 is 0 Å². The predicted octanol–water partition coefficient (Wildman–Crippen LogP) is 2.66. The van der Waals surface area contributed by atoms with Crippen LogP contribution in [-0.2, 0) is 12.0 Å². The molecule has 2 aliphatic rings. The molecular formula is C18H29N3O. The van der Waals surface area contributed by atoms with Gasteiger partial charge in [0.25, 0.3) is 5.56 Å². The summed E-state index contributed by atoms with van der Waals surface area (Å²) in [5.41, 5.74) is 1.01. The topological polar surface area (TPSA) is 38.1 Å². The second kappa shape index (κ2) is 6.15. The molecule has 3 rings (SSSR count). The van der Waals surface area contributed by atoms with Gasteiger partial charge < -0.3 is 4.90 Å². The molecule has 1 aliphatic carbocycles. The molecule has 0 bridgehead atoms. The lowest BCUT2D eigenvalue weighted by atomic mass is 9.92. The van der Waals surface area contributed by atoms with Crippen molar-refractivity contribution in [2.75, 3.05) is 19.6 Å². The molecule has 122 valence electrons. The van der Waals surface area contributed by atoms with Gasteiger partial charge in [0.15, 0.2) is 0 Å². The van der Waals surface area contributed by atoms with Gasteiger partial charge >= 0.3 is 0 Å². The number of nitrogens with zero attached hydrogens (tertiary/aromatic N) is 3. The molecule has 1 aromatic heterocycles. The van der Waals surface area contributed by atoms with Crippen molar-refractivity contribution < 1.29 is 0 Å². The first-order valence-electron chi connectivity index (χ1n) is 8.73. The molecule has 1 saturated heterocycles. The fourth-order valence-corrected chi connectivity index (χ4v) is 3.72. The van der Waals surface area contributed by atoms with Gasteiger partial charge in [-0.05, 0) is 24.8 Å². The molecule has 0 aromatic carbocycles. The Balaban J connectivity index is 1.55. The number of hydrogen-bond acceptors (Lipinski definition) is 3. The average Bonchev–Trinajstić information content (AvgIpc) is 2.90. The van der Waals surface area contributed by atoms with Crippen molar-refractivity contribution in [3.8, 4) is 0 Å². The number of likely N-dealkylation sites (tertiary alicyclic amines) is 1. The van der Waals surface area contributed by atoms with E-state index in [-0.39, 0.29) is 11.0 Å². The third-order valence-corrected chi connectivity index (χ3v) is 5.09. The van der Waals surface area contributed by atoms with Crippen LogP contribution in [-0.4, -0.2) is 34.3 Å². The fourth-order valence-electron chi connectivity index (χ4n) is 3.72. The Hall–Kier alpha value is -1.16. The van der Waals surface area contributed by atoms with Crippen LogP contribution in [0.15, 0.2) is 16.9 Å². The van der Waals surface area contributed by atoms with Crippen molar-refractivity contribution in [2.24, 2.45) is 11.8 Å². The quantitative estimate of drug-likeness (QED) is 0.858. The SMILES string of the molecule is CC(C)(C)c1ccc(=O)n(CC2CN(CC3CCCC3)C2)n1. The third kappa shape index (κ3) is 3.60. The Kier molecular flexibility index (Phi) is 4.40. The van der Waals surface area contributed by atoms with Gasteiger partial charge in [-0.25, -0.2) is 4.68 Å². The molecule has 4 heteroatoms. The molecule has 0 N–H and O–H groups in total. The predicted molar refractivity (Wildman–Crippen MR) is 89.1 cm³/mol. The molecule has 0 atom stereocenters. The highest BCUT2D eigenvalue weighted by molar-refractivity contribution is 5.10. The Morgan fingerprint density at radius 3 is 2.41 bits per heavy atom. The van der Waals surface area contributed by atoms with Crippen molar-refractivity contribution in [3.05, 3.63) is 28.2 Å². The highest BCUT2D eigenvalue weighted by Gasteiger charge is 2.30. The zero-order valence-electron chi connectivity index (χ0n) is 14.2. The van der Waals surface area contributed by atoms with E-state index in [1.807, 2.05) is 6.07 Å². The summed E-state index contributed by atoms with van der Waals surface area (Å²) < 4.78 is 1.68. The van der Waals surface area contributed by atoms with Gasteiger partial charge in [-0.15, -0.1) is 0 Å². The second-order valence-electron chi connectivity index (χ2n) is 8.22. The van der Waals surface area contributed by atoms with Crippen LogP contribution < -0.4 is 5.56 Å². The summed E-state index contributed by atoms with van der Waals surface area (Å²) in [5.74, 6) is 1.51. The minimum absolute atomic E-state index is 0.0103. The van der Waals surface area contributed by atoms with Crippen molar-refractivity contribution in [1.82, 2.24) is 14.7 Å². The molecule has 2 fully saturated rings. The first-order chi connectivity index (χ1) is 10.4. The standard InChI is InChI=1S/C18H29N3O/c1-18(2,3)16-8-9-17(22)21(19-16)13-15-11-20(12-15)10-14-6-4-5-7-14/h8-9,14-15H,4-7,10-13H2,1-3H3. The normalized spacial score (nSPS) is 21.2. The Morgan fingerprint density at radius 2 is 1.77 bits per heavy atom. The van der Waals surface area contributed by atoms with Crippen molar-refractivity contribution in [1.29, 1.82) is 0 Å². The molecule has 0 radical (unpaired) electrons. The zero-order valence-corrected chi connectivity index (χ0v) is 14.2. The van der Waals surface area contributed by atoms with E-state index in [0.717, 1.165) is 31.2 Å². The summed E-state index contributed by atoms with van der Waals surface area (Å²) in [4.78, 5) is 14.6. The molecule has 1 saturated carbocycles. The van der Waals surface area contributed by atoms with E-state index in [4.69, 9.17) is 0 Å². The smallest absolute Gasteiger partial charge is 0.266 e. The van der Waals surface area contributed by atoms with Crippen molar-refractivity contribution in [2.45, 2.75) is 58.4 Å². The molecule has 2 heterocycles. The Morgan fingerprint density at radius 1 is 1.09 bits per heavy atom. The summed E-state index contributed by atoms with van der Waals surface area (Å²) in [7, 11) is 0.